The Kier molecular flexibility index (Phi) is 4.91. The molecule has 3 rings (SSSR count). The van der Waals surface area contributed by atoms with Gasteiger partial charge in [-0.2, -0.15) is 0 Å². The summed E-state index contributed by atoms with van der Waals surface area (Å²) in [6, 6.07) is 6.61. The van der Waals surface area contributed by atoms with Gasteiger partial charge in [-0.1, -0.05) is 24.7 Å². The minimum Gasteiger partial charge on any atom is -0.480 e. The van der Waals surface area contributed by atoms with Crippen molar-refractivity contribution in [2.45, 2.75) is 31.2 Å². The van der Waals surface area contributed by atoms with Crippen molar-refractivity contribution in [3.05, 3.63) is 35.4 Å². The topological polar surface area (TPSA) is 69.6 Å². The molecular formula is C17H18N2O3S2. The van der Waals surface area contributed by atoms with Crippen LogP contribution in [0.15, 0.2) is 24.3 Å². The molecule has 5 nitrogen and oxygen atoms in total. The van der Waals surface area contributed by atoms with Crippen LogP contribution >= 0.6 is 24.8 Å². The summed E-state index contributed by atoms with van der Waals surface area (Å²) in [4.78, 5) is 23.9. The number of carboxylic acids is 1. The Morgan fingerprint density at radius 1 is 1.42 bits per heavy atom. The normalized spacial score (nSPS) is 21.2. The number of carbonyl (C=O) groups excluding carboxylic acids is 1. The van der Waals surface area contributed by atoms with E-state index in [4.69, 9.17) is 17.3 Å². The molecule has 0 aromatic heterocycles. The Bertz CT molecular complexity index is 733. The minimum atomic E-state index is -1.14. The molecule has 0 bridgehead atoms. The van der Waals surface area contributed by atoms with Crippen molar-refractivity contribution < 1.29 is 14.7 Å². The Balaban J connectivity index is 1.75. The van der Waals surface area contributed by atoms with Gasteiger partial charge in [0.1, 0.15) is 10.9 Å². The molecule has 2 N–H and O–H groups in total. The van der Waals surface area contributed by atoms with Gasteiger partial charge in [0.25, 0.3) is 5.91 Å². The molecule has 2 unspecified atom stereocenters. The van der Waals surface area contributed by atoms with Gasteiger partial charge in [0.05, 0.1) is 0 Å². The van der Waals surface area contributed by atoms with E-state index in [1.165, 1.54) is 36.6 Å². The molecule has 7 heteroatoms. The van der Waals surface area contributed by atoms with Gasteiger partial charge in [0.2, 0.25) is 0 Å². The SMILES string of the molecule is O=C(O)CN(C(=O)/C=C/c1ccc2c(c1)C1CCCC1N2)C(=S)S. The summed E-state index contributed by atoms with van der Waals surface area (Å²) in [6.45, 7) is -0.497. The van der Waals surface area contributed by atoms with Crippen LogP contribution in [0.5, 0.6) is 0 Å². The fourth-order valence-corrected chi connectivity index (χ4v) is 3.78. The standard InChI is InChI=1S/C17H18N2O3S2/c20-15(19(17(23)24)9-16(21)22)7-5-10-4-6-14-12(8-10)11-2-1-3-13(11)18-14/h4-8,11,13,18H,1-3,9H2,(H,21,22)(H,23,24)/b7-5+. The lowest BCUT2D eigenvalue weighted by atomic mass is 9.96. The Hall–Kier alpha value is -1.86. The van der Waals surface area contributed by atoms with Crippen molar-refractivity contribution in [1.82, 2.24) is 4.90 Å². The first-order valence-corrected chi connectivity index (χ1v) is 8.66. The molecule has 0 radical (unpaired) electrons. The van der Waals surface area contributed by atoms with E-state index in [1.54, 1.807) is 6.08 Å². The van der Waals surface area contributed by atoms with Crippen LogP contribution in [0.4, 0.5) is 5.69 Å². The zero-order valence-electron chi connectivity index (χ0n) is 12.9. The molecule has 1 aromatic carbocycles. The fourth-order valence-electron chi connectivity index (χ4n) is 3.46. The van der Waals surface area contributed by atoms with Gasteiger partial charge in [-0.3, -0.25) is 14.5 Å². The highest BCUT2D eigenvalue weighted by Gasteiger charge is 2.35. The second-order valence-electron chi connectivity index (χ2n) is 6.07. The summed E-state index contributed by atoms with van der Waals surface area (Å²) >= 11 is 8.73. The van der Waals surface area contributed by atoms with Crippen molar-refractivity contribution in [3.8, 4) is 0 Å². The number of rotatable bonds is 4. The van der Waals surface area contributed by atoms with Gasteiger partial charge in [-0.15, -0.1) is 12.6 Å². The van der Waals surface area contributed by atoms with E-state index in [2.05, 4.69) is 24.0 Å². The number of carboxylic acid groups (broad SMARTS) is 1. The highest BCUT2D eigenvalue weighted by atomic mass is 32.1. The van der Waals surface area contributed by atoms with Gasteiger partial charge in [0, 0.05) is 23.7 Å². The van der Waals surface area contributed by atoms with E-state index < -0.39 is 18.4 Å². The number of nitrogens with one attached hydrogen (secondary N) is 1. The number of benzene rings is 1. The number of hydrogen-bond donors (Lipinski definition) is 3. The van der Waals surface area contributed by atoms with Crippen LogP contribution in [-0.2, 0) is 9.59 Å². The molecule has 2 aliphatic rings. The van der Waals surface area contributed by atoms with Gasteiger partial charge in [-0.25, -0.2) is 0 Å². The third kappa shape index (κ3) is 3.47. The Labute approximate surface area is 151 Å². The van der Waals surface area contributed by atoms with Crippen molar-refractivity contribution in [3.63, 3.8) is 0 Å². The summed E-state index contributed by atoms with van der Waals surface area (Å²) < 4.78 is -0.0565. The molecule has 24 heavy (non-hydrogen) atoms. The third-order valence-electron chi connectivity index (χ3n) is 4.54. The quantitative estimate of drug-likeness (QED) is 0.436. The molecule has 1 saturated carbocycles. The predicted octanol–water partition coefficient (Wildman–Crippen LogP) is 2.89. The monoisotopic (exact) mass is 362 g/mol. The van der Waals surface area contributed by atoms with Crippen molar-refractivity contribution in [1.29, 1.82) is 0 Å². The van der Waals surface area contributed by atoms with Gasteiger partial charge in [-0.05, 0) is 42.2 Å². The number of carbonyl (C=O) groups is 2. The molecule has 1 aromatic rings. The number of nitrogens with zero attached hydrogens (tertiary/aromatic N) is 1. The highest BCUT2D eigenvalue weighted by Crippen LogP contribution is 2.45. The molecule has 1 heterocycles. The number of thiocarbonyl (C=S) groups is 1. The molecule has 0 spiro atoms. The summed E-state index contributed by atoms with van der Waals surface area (Å²) in [7, 11) is 0. The van der Waals surface area contributed by atoms with E-state index in [0.717, 1.165) is 10.5 Å². The molecule has 126 valence electrons. The summed E-state index contributed by atoms with van der Waals surface area (Å²) in [5, 5.41) is 12.4. The van der Waals surface area contributed by atoms with Crippen molar-refractivity contribution in [2.75, 3.05) is 11.9 Å². The van der Waals surface area contributed by atoms with Crippen molar-refractivity contribution >= 4 is 52.8 Å². The van der Waals surface area contributed by atoms with Crippen LogP contribution in [0.25, 0.3) is 6.08 Å². The van der Waals surface area contributed by atoms with Crippen LogP contribution in [0.3, 0.4) is 0 Å². The fraction of sp³-hybridized carbons (Fsp3) is 0.353. The zero-order chi connectivity index (χ0) is 17.3. The number of amides is 1. The molecule has 2 atom stereocenters. The highest BCUT2D eigenvalue weighted by molar-refractivity contribution is 8.11. The molecular weight excluding hydrogens is 344 g/mol. The first-order chi connectivity index (χ1) is 11.5. The van der Waals surface area contributed by atoms with Crippen LogP contribution in [-0.4, -0.2) is 38.8 Å². The van der Waals surface area contributed by atoms with E-state index in [1.807, 2.05) is 12.1 Å². The minimum absolute atomic E-state index is 0.0565. The van der Waals surface area contributed by atoms with Crippen LogP contribution in [0.1, 0.15) is 36.3 Å². The third-order valence-corrected chi connectivity index (χ3v) is 5.00. The van der Waals surface area contributed by atoms with E-state index >= 15 is 0 Å². The largest absolute Gasteiger partial charge is 0.480 e. The number of thiol groups is 1. The molecule has 1 fully saturated rings. The molecule has 1 amide bonds. The van der Waals surface area contributed by atoms with Crippen LogP contribution < -0.4 is 5.32 Å². The number of fused-ring (bicyclic) bond motifs is 3. The summed E-state index contributed by atoms with van der Waals surface area (Å²) in [6.07, 6.45) is 6.65. The first-order valence-electron chi connectivity index (χ1n) is 7.80. The van der Waals surface area contributed by atoms with Gasteiger partial charge >= 0.3 is 5.97 Å². The van der Waals surface area contributed by atoms with E-state index in [0.29, 0.717) is 12.0 Å². The lowest BCUT2D eigenvalue weighted by Crippen LogP contribution is -2.36. The molecule has 1 aliphatic heterocycles. The molecule has 0 saturated heterocycles. The average Bonchev–Trinajstić information content (AvgIpc) is 3.10. The Morgan fingerprint density at radius 2 is 2.21 bits per heavy atom. The second kappa shape index (κ2) is 6.94. The molecule has 1 aliphatic carbocycles. The summed E-state index contributed by atoms with van der Waals surface area (Å²) in [5.41, 5.74) is 3.40. The lowest BCUT2D eigenvalue weighted by Gasteiger charge is -2.16. The maximum Gasteiger partial charge on any atom is 0.323 e. The first kappa shape index (κ1) is 17.0. The smallest absolute Gasteiger partial charge is 0.323 e. The Morgan fingerprint density at radius 3 is 2.92 bits per heavy atom. The number of anilines is 1. The van der Waals surface area contributed by atoms with Crippen LogP contribution in [0, 0.1) is 0 Å². The van der Waals surface area contributed by atoms with E-state index in [-0.39, 0.29) is 4.32 Å². The maximum absolute atomic E-state index is 12.1. The lowest BCUT2D eigenvalue weighted by molar-refractivity contribution is -0.140. The average molecular weight is 362 g/mol. The summed E-state index contributed by atoms with van der Waals surface area (Å²) in [5.74, 6) is -1.07. The predicted molar refractivity (Wildman–Crippen MR) is 100 cm³/mol. The maximum atomic E-state index is 12.1. The van der Waals surface area contributed by atoms with E-state index in [9.17, 15) is 9.59 Å². The zero-order valence-corrected chi connectivity index (χ0v) is 14.6. The van der Waals surface area contributed by atoms with Gasteiger partial charge < -0.3 is 10.4 Å². The number of aliphatic carboxylic acids is 1. The van der Waals surface area contributed by atoms with Crippen LogP contribution in [0.2, 0.25) is 0 Å². The second-order valence-corrected chi connectivity index (χ2v) is 7.18. The van der Waals surface area contributed by atoms with Crippen molar-refractivity contribution in [2.24, 2.45) is 0 Å². The number of hydrogen-bond acceptors (Lipinski definition) is 4. The van der Waals surface area contributed by atoms with Gasteiger partial charge in [0.15, 0.2) is 0 Å².